The van der Waals surface area contributed by atoms with Crippen molar-refractivity contribution in [2.45, 2.75) is 39.5 Å². The van der Waals surface area contributed by atoms with Crippen LogP contribution >= 0.6 is 0 Å². The summed E-state index contributed by atoms with van der Waals surface area (Å²) in [5.41, 5.74) is 1.85. The van der Waals surface area contributed by atoms with E-state index in [1.165, 1.54) is 0 Å². The minimum Gasteiger partial charge on any atom is -0.497 e. The third-order valence-corrected chi connectivity index (χ3v) is 5.34. The predicted octanol–water partition coefficient (Wildman–Crippen LogP) is 3.86. The van der Waals surface area contributed by atoms with Crippen molar-refractivity contribution in [1.82, 2.24) is 9.97 Å². The Morgan fingerprint density at radius 1 is 1.31 bits per heavy atom. The number of benzene rings is 1. The van der Waals surface area contributed by atoms with Gasteiger partial charge >= 0.3 is 0 Å². The van der Waals surface area contributed by atoms with Crippen LogP contribution in [0.2, 0.25) is 0 Å². The molecule has 29 heavy (non-hydrogen) atoms. The van der Waals surface area contributed by atoms with Crippen molar-refractivity contribution in [1.29, 1.82) is 0 Å². The van der Waals surface area contributed by atoms with Gasteiger partial charge in [0.05, 0.1) is 7.11 Å². The quantitative estimate of drug-likeness (QED) is 0.704. The minimum atomic E-state index is 0.0619. The lowest BCUT2D eigenvalue weighted by Gasteiger charge is -2.33. The van der Waals surface area contributed by atoms with Crippen LogP contribution < -0.4 is 20.3 Å². The molecule has 0 aliphatic carbocycles. The third kappa shape index (κ3) is 5.82. The van der Waals surface area contributed by atoms with Gasteiger partial charge in [-0.2, -0.15) is 0 Å². The minimum absolute atomic E-state index is 0.0619. The Kier molecular flexibility index (Phi) is 7.27. The molecule has 1 aliphatic heterocycles. The summed E-state index contributed by atoms with van der Waals surface area (Å²) in [5.74, 6) is 3.16. The first-order valence-corrected chi connectivity index (χ1v) is 10.3. The molecule has 1 aliphatic rings. The van der Waals surface area contributed by atoms with Crippen molar-refractivity contribution in [3.63, 3.8) is 0 Å². The summed E-state index contributed by atoms with van der Waals surface area (Å²) in [5, 5.41) is 6.26. The van der Waals surface area contributed by atoms with E-state index in [4.69, 9.17) is 4.74 Å². The van der Waals surface area contributed by atoms with Crippen molar-refractivity contribution < 1.29 is 9.53 Å². The number of anilines is 3. The number of carbonyl (C=O) groups excluding carboxylic acids is 1. The molecule has 0 spiro atoms. The number of nitrogens with zero attached hydrogens (tertiary/aromatic N) is 3. The van der Waals surface area contributed by atoms with E-state index in [0.717, 1.165) is 67.5 Å². The van der Waals surface area contributed by atoms with Crippen LogP contribution in [0.3, 0.4) is 0 Å². The van der Waals surface area contributed by atoms with E-state index in [1.807, 2.05) is 31.2 Å². The number of ether oxygens (including phenoxy) is 1. The standard InChI is InChI=1S/C22H31N5O2/c1-4-23-20-13-21(25-15-24-20)27-11-5-6-17(14-27)7-10-22(28)26-19-9-8-18(29-3)12-16(19)2/h8-9,12-13,15,17H,4-7,10-11,14H2,1-3H3,(H,26,28)(H,23,24,25). The normalized spacial score (nSPS) is 16.4. The molecule has 2 N–H and O–H groups in total. The van der Waals surface area contributed by atoms with Crippen molar-refractivity contribution in [2.24, 2.45) is 5.92 Å². The molecule has 0 bridgehead atoms. The number of carbonyl (C=O) groups is 1. The second-order valence-electron chi connectivity index (χ2n) is 7.51. The van der Waals surface area contributed by atoms with Gasteiger partial charge in [-0.3, -0.25) is 4.79 Å². The van der Waals surface area contributed by atoms with Crippen LogP contribution in [0.5, 0.6) is 5.75 Å². The average molecular weight is 398 g/mol. The summed E-state index contributed by atoms with van der Waals surface area (Å²) in [7, 11) is 1.64. The average Bonchev–Trinajstić information content (AvgIpc) is 2.74. The highest BCUT2D eigenvalue weighted by Crippen LogP contribution is 2.26. The molecule has 1 fully saturated rings. The van der Waals surface area contributed by atoms with Crippen molar-refractivity contribution in [3.8, 4) is 5.75 Å². The molecule has 2 aromatic rings. The summed E-state index contributed by atoms with van der Waals surface area (Å²) >= 11 is 0. The second kappa shape index (κ2) is 10.1. The zero-order chi connectivity index (χ0) is 20.6. The second-order valence-corrected chi connectivity index (χ2v) is 7.51. The summed E-state index contributed by atoms with van der Waals surface area (Å²) in [6, 6.07) is 7.69. The van der Waals surface area contributed by atoms with Gasteiger partial charge in [0.2, 0.25) is 5.91 Å². The SMILES string of the molecule is CCNc1cc(N2CCCC(CCC(=O)Nc3ccc(OC)cc3C)C2)ncn1. The molecule has 0 radical (unpaired) electrons. The Labute approximate surface area is 172 Å². The molecule has 156 valence electrons. The van der Waals surface area contributed by atoms with Crippen LogP contribution in [0.15, 0.2) is 30.6 Å². The maximum atomic E-state index is 12.4. The summed E-state index contributed by atoms with van der Waals surface area (Å²) in [4.78, 5) is 23.4. The van der Waals surface area contributed by atoms with Crippen LogP contribution in [0.1, 0.15) is 38.2 Å². The van der Waals surface area contributed by atoms with Gasteiger partial charge in [0.25, 0.3) is 0 Å². The molecule has 3 rings (SSSR count). The number of aryl methyl sites for hydroxylation is 1. The van der Waals surface area contributed by atoms with Crippen molar-refractivity contribution >= 4 is 23.2 Å². The summed E-state index contributed by atoms with van der Waals surface area (Å²) in [6.45, 7) is 6.79. The molecule has 1 atom stereocenters. The number of aromatic nitrogens is 2. The molecule has 0 saturated carbocycles. The Hall–Kier alpha value is -2.83. The molecule has 1 amide bonds. The number of amides is 1. The van der Waals surface area contributed by atoms with Crippen LogP contribution in [0.25, 0.3) is 0 Å². The molecule has 1 aromatic heterocycles. The molecular weight excluding hydrogens is 366 g/mol. The number of nitrogens with one attached hydrogen (secondary N) is 2. The molecule has 7 nitrogen and oxygen atoms in total. The van der Waals surface area contributed by atoms with Crippen LogP contribution in [0.4, 0.5) is 17.3 Å². The van der Waals surface area contributed by atoms with E-state index in [0.29, 0.717) is 12.3 Å². The maximum Gasteiger partial charge on any atom is 0.224 e. The van der Waals surface area contributed by atoms with Crippen LogP contribution in [-0.4, -0.2) is 42.6 Å². The smallest absolute Gasteiger partial charge is 0.224 e. The number of hydrogen-bond acceptors (Lipinski definition) is 6. The first kappa shape index (κ1) is 20.9. The van der Waals surface area contributed by atoms with Gasteiger partial charge in [0.1, 0.15) is 23.7 Å². The van der Waals surface area contributed by atoms with E-state index < -0.39 is 0 Å². The number of piperidine rings is 1. The van der Waals surface area contributed by atoms with Gasteiger partial charge in [-0.25, -0.2) is 9.97 Å². The van der Waals surface area contributed by atoms with E-state index >= 15 is 0 Å². The fourth-order valence-corrected chi connectivity index (χ4v) is 3.76. The highest BCUT2D eigenvalue weighted by atomic mass is 16.5. The third-order valence-electron chi connectivity index (χ3n) is 5.34. The Balaban J connectivity index is 1.51. The summed E-state index contributed by atoms with van der Waals surface area (Å²) in [6.07, 6.45) is 5.28. The summed E-state index contributed by atoms with van der Waals surface area (Å²) < 4.78 is 5.22. The van der Waals surface area contributed by atoms with E-state index in [9.17, 15) is 4.79 Å². The first-order chi connectivity index (χ1) is 14.1. The van der Waals surface area contributed by atoms with Gasteiger partial charge in [-0.05, 0) is 62.8 Å². The zero-order valence-corrected chi connectivity index (χ0v) is 17.6. The van der Waals surface area contributed by atoms with Crippen molar-refractivity contribution in [2.75, 3.05) is 42.3 Å². The van der Waals surface area contributed by atoms with Crippen LogP contribution in [-0.2, 0) is 4.79 Å². The highest BCUT2D eigenvalue weighted by Gasteiger charge is 2.22. The van der Waals surface area contributed by atoms with Crippen molar-refractivity contribution in [3.05, 3.63) is 36.2 Å². The topological polar surface area (TPSA) is 79.4 Å². The van der Waals surface area contributed by atoms with Gasteiger partial charge in [0, 0.05) is 37.8 Å². The van der Waals surface area contributed by atoms with E-state index in [-0.39, 0.29) is 5.91 Å². The number of hydrogen-bond donors (Lipinski definition) is 2. The largest absolute Gasteiger partial charge is 0.497 e. The number of methoxy groups -OCH3 is 1. The Bertz CT molecular complexity index is 827. The Morgan fingerprint density at radius 2 is 2.17 bits per heavy atom. The van der Waals surface area contributed by atoms with Crippen LogP contribution in [0, 0.1) is 12.8 Å². The fourth-order valence-electron chi connectivity index (χ4n) is 3.76. The molecule has 1 saturated heterocycles. The van der Waals surface area contributed by atoms with Gasteiger partial charge in [-0.1, -0.05) is 0 Å². The number of rotatable bonds is 8. The lowest BCUT2D eigenvalue weighted by molar-refractivity contribution is -0.116. The molecule has 1 aromatic carbocycles. The van der Waals surface area contributed by atoms with E-state index in [2.05, 4.69) is 32.4 Å². The monoisotopic (exact) mass is 397 g/mol. The first-order valence-electron chi connectivity index (χ1n) is 10.3. The predicted molar refractivity (Wildman–Crippen MR) is 117 cm³/mol. The lowest BCUT2D eigenvalue weighted by Crippen LogP contribution is -2.36. The molecule has 2 heterocycles. The Morgan fingerprint density at radius 3 is 2.93 bits per heavy atom. The molecular formula is C22H31N5O2. The fraction of sp³-hybridized carbons (Fsp3) is 0.500. The highest BCUT2D eigenvalue weighted by molar-refractivity contribution is 5.91. The van der Waals surface area contributed by atoms with E-state index in [1.54, 1.807) is 13.4 Å². The maximum absolute atomic E-state index is 12.4. The molecule has 1 unspecified atom stereocenters. The van der Waals surface area contributed by atoms with Gasteiger partial charge in [-0.15, -0.1) is 0 Å². The van der Waals surface area contributed by atoms with Gasteiger partial charge < -0.3 is 20.3 Å². The zero-order valence-electron chi connectivity index (χ0n) is 17.6. The lowest BCUT2D eigenvalue weighted by atomic mass is 9.93. The molecule has 7 heteroatoms. The van der Waals surface area contributed by atoms with Gasteiger partial charge in [0.15, 0.2) is 0 Å².